The molecule has 1 N–H and O–H groups in total. The molecule has 1 unspecified atom stereocenters. The van der Waals surface area contributed by atoms with Crippen molar-refractivity contribution in [2.45, 2.75) is 51.5 Å². The van der Waals surface area contributed by atoms with Gasteiger partial charge in [-0.05, 0) is 37.8 Å². The van der Waals surface area contributed by atoms with Crippen LogP contribution in [0.2, 0.25) is 0 Å². The average Bonchev–Trinajstić information content (AvgIpc) is 2.73. The van der Waals surface area contributed by atoms with Crippen LogP contribution in [0.3, 0.4) is 0 Å². The fraction of sp³-hybridized carbons (Fsp3) is 0.667. The van der Waals surface area contributed by atoms with Crippen LogP contribution in [0.25, 0.3) is 0 Å². The number of rotatable bonds is 4. The smallest absolute Gasteiger partial charge is 0.129 e. The third kappa shape index (κ3) is 3.22. The standard InChI is InChI=1S/C15H25N3/c1-3-16-14(15-17-11-12-18(15)2)13-9-7-5-4-6-8-10-13/h9,11-12,14,16H,3-8,10H2,1-2H3/b13-9+. The molecule has 100 valence electrons. The van der Waals surface area contributed by atoms with Crippen LogP contribution < -0.4 is 5.32 Å². The summed E-state index contributed by atoms with van der Waals surface area (Å²) < 4.78 is 2.13. The predicted molar refractivity (Wildman–Crippen MR) is 75.4 cm³/mol. The topological polar surface area (TPSA) is 29.9 Å². The van der Waals surface area contributed by atoms with E-state index < -0.39 is 0 Å². The Morgan fingerprint density at radius 1 is 1.33 bits per heavy atom. The van der Waals surface area contributed by atoms with Gasteiger partial charge in [0, 0.05) is 19.4 Å². The number of hydrogen-bond donors (Lipinski definition) is 1. The first-order valence-corrected chi connectivity index (χ1v) is 7.22. The van der Waals surface area contributed by atoms with Crippen molar-refractivity contribution in [2.75, 3.05) is 6.54 Å². The van der Waals surface area contributed by atoms with Crippen molar-refractivity contribution in [3.05, 3.63) is 29.9 Å². The molecule has 2 rings (SSSR count). The molecule has 3 heteroatoms. The van der Waals surface area contributed by atoms with E-state index in [0.717, 1.165) is 12.4 Å². The first kappa shape index (κ1) is 13.3. The normalized spacial score (nSPS) is 21.8. The molecule has 0 radical (unpaired) electrons. The van der Waals surface area contributed by atoms with E-state index in [-0.39, 0.29) is 0 Å². The van der Waals surface area contributed by atoms with Gasteiger partial charge in [0.2, 0.25) is 0 Å². The number of allylic oxidation sites excluding steroid dienone is 1. The van der Waals surface area contributed by atoms with Crippen LogP contribution in [0.5, 0.6) is 0 Å². The molecule has 0 saturated carbocycles. The summed E-state index contributed by atoms with van der Waals surface area (Å²) in [7, 11) is 2.08. The van der Waals surface area contributed by atoms with Crippen molar-refractivity contribution in [3.8, 4) is 0 Å². The molecule has 3 nitrogen and oxygen atoms in total. The molecular weight excluding hydrogens is 222 g/mol. The third-order valence-electron chi connectivity index (χ3n) is 3.72. The van der Waals surface area contributed by atoms with Crippen molar-refractivity contribution in [1.82, 2.24) is 14.9 Å². The quantitative estimate of drug-likeness (QED) is 0.827. The Morgan fingerprint density at radius 2 is 2.17 bits per heavy atom. The maximum atomic E-state index is 4.52. The highest BCUT2D eigenvalue weighted by molar-refractivity contribution is 5.19. The van der Waals surface area contributed by atoms with Crippen LogP contribution in [-0.2, 0) is 7.05 Å². The second-order valence-corrected chi connectivity index (χ2v) is 5.12. The summed E-state index contributed by atoms with van der Waals surface area (Å²) in [5.41, 5.74) is 1.53. The zero-order valence-electron chi connectivity index (χ0n) is 11.7. The molecule has 1 aliphatic carbocycles. The zero-order valence-corrected chi connectivity index (χ0v) is 11.7. The lowest BCUT2D eigenvalue weighted by atomic mass is 9.94. The maximum absolute atomic E-state index is 4.52. The molecule has 0 saturated heterocycles. The SMILES string of the molecule is CCNC(/C1=C/CCCCCC1)c1nccn1C. The van der Waals surface area contributed by atoms with Crippen molar-refractivity contribution >= 4 is 0 Å². The Morgan fingerprint density at radius 3 is 2.89 bits per heavy atom. The molecule has 1 aromatic rings. The molecule has 1 aliphatic rings. The van der Waals surface area contributed by atoms with E-state index in [4.69, 9.17) is 0 Å². The largest absolute Gasteiger partial charge is 0.336 e. The molecule has 18 heavy (non-hydrogen) atoms. The lowest BCUT2D eigenvalue weighted by molar-refractivity contribution is 0.525. The van der Waals surface area contributed by atoms with Gasteiger partial charge >= 0.3 is 0 Å². The van der Waals surface area contributed by atoms with Crippen molar-refractivity contribution < 1.29 is 0 Å². The molecule has 0 bridgehead atoms. The highest BCUT2D eigenvalue weighted by atomic mass is 15.1. The Balaban J connectivity index is 2.20. The first-order valence-electron chi connectivity index (χ1n) is 7.22. The van der Waals surface area contributed by atoms with Gasteiger partial charge in [-0.25, -0.2) is 4.98 Å². The van der Waals surface area contributed by atoms with Crippen LogP contribution in [0, 0.1) is 0 Å². The molecule has 0 aliphatic heterocycles. The van der Waals surface area contributed by atoms with Crippen LogP contribution in [0.1, 0.15) is 57.3 Å². The minimum Gasteiger partial charge on any atom is -0.336 e. The Hall–Kier alpha value is -1.09. The van der Waals surface area contributed by atoms with Crippen molar-refractivity contribution in [1.29, 1.82) is 0 Å². The molecule has 1 aromatic heterocycles. The monoisotopic (exact) mass is 247 g/mol. The lowest BCUT2D eigenvalue weighted by Crippen LogP contribution is -2.26. The van der Waals surface area contributed by atoms with Gasteiger partial charge < -0.3 is 9.88 Å². The van der Waals surface area contributed by atoms with Gasteiger partial charge in [-0.2, -0.15) is 0 Å². The van der Waals surface area contributed by atoms with Gasteiger partial charge in [-0.15, -0.1) is 0 Å². The van der Waals surface area contributed by atoms with E-state index >= 15 is 0 Å². The number of hydrogen-bond acceptors (Lipinski definition) is 2. The van der Waals surface area contributed by atoms with Crippen LogP contribution in [-0.4, -0.2) is 16.1 Å². The van der Waals surface area contributed by atoms with E-state index in [1.807, 2.05) is 12.4 Å². The van der Waals surface area contributed by atoms with Gasteiger partial charge in [0.1, 0.15) is 5.82 Å². The number of nitrogens with one attached hydrogen (secondary N) is 1. The molecule has 1 atom stereocenters. The number of imidazole rings is 1. The van der Waals surface area contributed by atoms with Crippen molar-refractivity contribution in [2.24, 2.45) is 7.05 Å². The summed E-state index contributed by atoms with van der Waals surface area (Å²) in [6.07, 6.45) is 14.2. The lowest BCUT2D eigenvalue weighted by Gasteiger charge is -2.22. The van der Waals surface area contributed by atoms with Gasteiger partial charge in [-0.3, -0.25) is 0 Å². The minimum atomic E-state index is 0.299. The van der Waals surface area contributed by atoms with Crippen LogP contribution >= 0.6 is 0 Å². The number of aryl methyl sites for hydroxylation is 1. The molecule has 0 fully saturated rings. The van der Waals surface area contributed by atoms with E-state index in [0.29, 0.717) is 6.04 Å². The van der Waals surface area contributed by atoms with Gasteiger partial charge in [0.15, 0.2) is 0 Å². The second-order valence-electron chi connectivity index (χ2n) is 5.12. The summed E-state index contributed by atoms with van der Waals surface area (Å²) >= 11 is 0. The molecule has 0 aromatic carbocycles. The molecule has 0 spiro atoms. The first-order chi connectivity index (χ1) is 8.83. The van der Waals surface area contributed by atoms with Crippen LogP contribution in [0.4, 0.5) is 0 Å². The summed E-state index contributed by atoms with van der Waals surface area (Å²) in [6, 6.07) is 0.299. The minimum absolute atomic E-state index is 0.299. The zero-order chi connectivity index (χ0) is 12.8. The van der Waals surface area contributed by atoms with Gasteiger partial charge in [-0.1, -0.05) is 25.8 Å². The maximum Gasteiger partial charge on any atom is 0.129 e. The third-order valence-corrected chi connectivity index (χ3v) is 3.72. The summed E-state index contributed by atoms with van der Waals surface area (Å²) in [5, 5.41) is 3.59. The van der Waals surface area contributed by atoms with Crippen molar-refractivity contribution in [3.63, 3.8) is 0 Å². The van der Waals surface area contributed by atoms with E-state index in [9.17, 15) is 0 Å². The second kappa shape index (κ2) is 6.74. The molecule has 1 heterocycles. The van der Waals surface area contributed by atoms with Crippen LogP contribution in [0.15, 0.2) is 24.0 Å². The predicted octanol–water partition coefficient (Wildman–Crippen LogP) is 3.35. The fourth-order valence-electron chi connectivity index (χ4n) is 2.73. The average molecular weight is 247 g/mol. The van der Waals surface area contributed by atoms with E-state index in [1.54, 1.807) is 0 Å². The summed E-state index contributed by atoms with van der Waals surface area (Å²) in [5.74, 6) is 1.14. The summed E-state index contributed by atoms with van der Waals surface area (Å²) in [6.45, 7) is 3.15. The Bertz CT molecular complexity index is 392. The highest BCUT2D eigenvalue weighted by Gasteiger charge is 2.19. The molecule has 0 amide bonds. The summed E-state index contributed by atoms with van der Waals surface area (Å²) in [4.78, 5) is 4.52. The Labute approximate surface area is 110 Å². The molecular formula is C15H25N3. The number of likely N-dealkylation sites (N-methyl/N-ethyl adjacent to an activating group) is 1. The van der Waals surface area contributed by atoms with E-state index in [1.165, 1.54) is 44.1 Å². The van der Waals surface area contributed by atoms with Gasteiger partial charge in [0.05, 0.1) is 6.04 Å². The Kier molecular flexibility index (Phi) is 5.00. The van der Waals surface area contributed by atoms with Gasteiger partial charge in [0.25, 0.3) is 0 Å². The fourth-order valence-corrected chi connectivity index (χ4v) is 2.73. The van der Waals surface area contributed by atoms with E-state index in [2.05, 4.69) is 34.9 Å². The highest BCUT2D eigenvalue weighted by Crippen LogP contribution is 2.27. The number of aromatic nitrogens is 2. The number of nitrogens with zero attached hydrogens (tertiary/aromatic N) is 2.